The number of halogens is 6. The third kappa shape index (κ3) is 17.3. The van der Waals surface area contributed by atoms with Crippen molar-refractivity contribution in [1.82, 2.24) is 0 Å². The van der Waals surface area contributed by atoms with Crippen molar-refractivity contribution in [3.05, 3.63) is 0 Å². The Bertz CT molecular complexity index is 477. The Morgan fingerprint density at radius 2 is 0.600 bits per heavy atom. The molecule has 0 spiro atoms. The molecule has 2 N–H and O–H groups in total. The van der Waals surface area contributed by atoms with Crippen molar-refractivity contribution in [2.24, 2.45) is 0 Å². The Morgan fingerprint density at radius 1 is 0.520 bits per heavy atom. The summed E-state index contributed by atoms with van der Waals surface area (Å²) >= 11 is 0. The summed E-state index contributed by atoms with van der Waals surface area (Å²) in [6.07, 6.45) is 12.0. The van der Waals surface area contributed by atoms with Crippen LogP contribution in [0.15, 0.2) is 0 Å². The van der Waals surface area contributed by atoms with Gasteiger partial charge in [-0.25, -0.2) is 0 Å². The quantitative estimate of drug-likeness (QED) is 0.246. The first kappa shape index (κ1) is 29.8. The molecule has 0 aromatic rings. The Balaban J connectivity index is -0.000000285. The van der Waals surface area contributed by atoms with Gasteiger partial charge in [0.1, 0.15) is 0 Å². The molecule has 1 saturated carbocycles. The van der Waals surface area contributed by atoms with Gasteiger partial charge in [0.2, 0.25) is 0 Å². The summed E-state index contributed by atoms with van der Waals surface area (Å²) in [7, 11) is -11.7. The summed E-state index contributed by atoms with van der Waals surface area (Å²) < 4.78 is 115. The van der Waals surface area contributed by atoms with E-state index in [1.165, 1.54) is 51.4 Å². The first-order valence-corrected chi connectivity index (χ1v) is 9.45. The Hall–Kier alpha value is 0.0883. The average molecular weight is 607 g/mol. The first-order chi connectivity index (χ1) is 10.5. The van der Waals surface area contributed by atoms with E-state index in [4.69, 9.17) is 25.9 Å². The van der Waals surface area contributed by atoms with Gasteiger partial charge in [0, 0.05) is 21.1 Å². The van der Waals surface area contributed by atoms with Crippen molar-refractivity contribution in [2.75, 3.05) is 0 Å². The van der Waals surface area contributed by atoms with E-state index in [-0.39, 0.29) is 21.1 Å². The van der Waals surface area contributed by atoms with Crippen molar-refractivity contribution >= 4 is 20.2 Å². The van der Waals surface area contributed by atoms with Gasteiger partial charge in [-0.05, 0) is 0 Å². The fraction of sp³-hybridized carbons (Fsp3) is 1.00. The summed E-state index contributed by atoms with van der Waals surface area (Å²) in [5.41, 5.74) is -11.1. The molecule has 1 fully saturated rings. The minimum atomic E-state index is -5.84. The fourth-order valence-electron chi connectivity index (χ4n) is 1.41. The molecule has 0 bridgehead atoms. The van der Waals surface area contributed by atoms with Crippen molar-refractivity contribution < 1.29 is 73.3 Å². The third-order valence-corrected chi connectivity index (χ3v) is 3.75. The minimum absolute atomic E-state index is 0. The standard InChI is InChI=1S/C8H16.2CHF3O3S.Pt/c1-2-4-6-8-7-5-3-1;2*2-1(3,4)8(5,6)7;/h1-8H2;2*(H,5,6,7);. The summed E-state index contributed by atoms with van der Waals surface area (Å²) in [6, 6.07) is 0. The molecule has 0 unspecified atom stereocenters. The van der Waals surface area contributed by atoms with Crippen LogP contribution in [0.5, 0.6) is 0 Å². The maximum absolute atomic E-state index is 10.7. The minimum Gasteiger partial charge on any atom is -0.279 e. The van der Waals surface area contributed by atoms with Crippen LogP contribution in [0, 0.1) is 0 Å². The van der Waals surface area contributed by atoms with Crippen LogP contribution in [0.1, 0.15) is 51.4 Å². The smallest absolute Gasteiger partial charge is 0.279 e. The van der Waals surface area contributed by atoms with E-state index in [0.29, 0.717) is 0 Å². The van der Waals surface area contributed by atoms with Crippen molar-refractivity contribution in [3.63, 3.8) is 0 Å². The van der Waals surface area contributed by atoms with Crippen LogP contribution in [0.3, 0.4) is 0 Å². The van der Waals surface area contributed by atoms with Crippen LogP contribution in [0.4, 0.5) is 26.3 Å². The molecule has 0 aromatic heterocycles. The van der Waals surface area contributed by atoms with E-state index >= 15 is 0 Å². The molecule has 1 aliphatic carbocycles. The number of rotatable bonds is 0. The molecule has 0 heterocycles. The van der Waals surface area contributed by atoms with Crippen LogP contribution in [0.2, 0.25) is 0 Å². The predicted molar refractivity (Wildman–Crippen MR) is 72.1 cm³/mol. The molecular weight excluding hydrogens is 589 g/mol. The zero-order chi connectivity index (χ0) is 19.7. The molecule has 0 atom stereocenters. The molecule has 158 valence electrons. The maximum atomic E-state index is 10.7. The van der Waals surface area contributed by atoms with Gasteiger partial charge in [-0.1, -0.05) is 51.4 Å². The van der Waals surface area contributed by atoms with Gasteiger partial charge in [-0.15, -0.1) is 0 Å². The van der Waals surface area contributed by atoms with E-state index in [1.54, 1.807) is 0 Å². The number of hydrogen-bond acceptors (Lipinski definition) is 4. The van der Waals surface area contributed by atoms with Crippen LogP contribution in [0.25, 0.3) is 0 Å². The molecule has 1 rings (SSSR count). The van der Waals surface area contributed by atoms with E-state index in [2.05, 4.69) is 0 Å². The molecule has 0 aromatic carbocycles. The molecule has 0 aliphatic heterocycles. The van der Waals surface area contributed by atoms with Crippen molar-refractivity contribution in [2.45, 2.75) is 62.4 Å². The summed E-state index contributed by atoms with van der Waals surface area (Å²) in [5.74, 6) is 0. The van der Waals surface area contributed by atoms with Gasteiger partial charge >= 0.3 is 31.3 Å². The molecule has 25 heavy (non-hydrogen) atoms. The second-order valence-corrected chi connectivity index (χ2v) is 7.50. The fourth-order valence-corrected chi connectivity index (χ4v) is 1.41. The molecule has 15 heteroatoms. The van der Waals surface area contributed by atoms with Gasteiger partial charge in [0.25, 0.3) is 0 Å². The van der Waals surface area contributed by atoms with E-state index in [0.717, 1.165) is 0 Å². The maximum Gasteiger partial charge on any atom is 0.522 e. The van der Waals surface area contributed by atoms with Crippen molar-refractivity contribution in [1.29, 1.82) is 0 Å². The third-order valence-electron chi connectivity index (χ3n) is 2.58. The zero-order valence-electron chi connectivity index (χ0n) is 12.6. The topological polar surface area (TPSA) is 109 Å². The summed E-state index contributed by atoms with van der Waals surface area (Å²) in [5, 5.41) is 0. The Labute approximate surface area is 156 Å². The van der Waals surface area contributed by atoms with Gasteiger partial charge in [0.05, 0.1) is 0 Å². The first-order valence-electron chi connectivity index (χ1n) is 6.57. The van der Waals surface area contributed by atoms with Crippen LogP contribution < -0.4 is 0 Å². The monoisotopic (exact) mass is 607 g/mol. The predicted octanol–water partition coefficient (Wildman–Crippen LogP) is 3.91. The summed E-state index contributed by atoms with van der Waals surface area (Å²) in [6.45, 7) is 0. The SMILES string of the molecule is C1CCCCCCC1.O=S(=O)(O)C(F)(F)F.O=S(=O)(O)C(F)(F)F.[Pt]. The second-order valence-electron chi connectivity index (χ2n) is 4.67. The van der Waals surface area contributed by atoms with E-state index < -0.39 is 31.3 Å². The normalized spacial score (nSPS) is 16.6. The van der Waals surface area contributed by atoms with E-state index in [9.17, 15) is 26.3 Å². The average Bonchev–Trinajstić information content (AvgIpc) is 2.23. The molecule has 0 radical (unpaired) electrons. The van der Waals surface area contributed by atoms with Gasteiger partial charge in [-0.3, -0.25) is 9.11 Å². The van der Waals surface area contributed by atoms with Crippen LogP contribution in [-0.2, 0) is 41.3 Å². The van der Waals surface area contributed by atoms with E-state index in [1.807, 2.05) is 0 Å². The van der Waals surface area contributed by atoms with Crippen molar-refractivity contribution in [3.8, 4) is 0 Å². The molecule has 1 aliphatic rings. The summed E-state index contributed by atoms with van der Waals surface area (Å²) in [4.78, 5) is 0. The molecule has 6 nitrogen and oxygen atoms in total. The second kappa shape index (κ2) is 12.5. The Kier molecular flexibility index (Phi) is 14.9. The van der Waals surface area contributed by atoms with Gasteiger partial charge < -0.3 is 0 Å². The molecule has 0 amide bonds. The Morgan fingerprint density at radius 3 is 0.640 bits per heavy atom. The number of hydrogen-bond donors (Lipinski definition) is 2. The van der Waals surface area contributed by atoms with Gasteiger partial charge in [0.15, 0.2) is 0 Å². The largest absolute Gasteiger partial charge is 0.522 e. The van der Waals surface area contributed by atoms with Gasteiger partial charge in [-0.2, -0.15) is 43.2 Å². The molecular formula is C10H18F6O6PtS2. The number of alkyl halides is 6. The zero-order valence-corrected chi connectivity index (χ0v) is 16.5. The van der Waals surface area contributed by atoms with Crippen LogP contribution >= 0.6 is 0 Å². The molecule has 0 saturated heterocycles. The van der Waals surface area contributed by atoms with Crippen LogP contribution in [-0.4, -0.2) is 37.0 Å².